The van der Waals surface area contributed by atoms with Gasteiger partial charge in [0.1, 0.15) is 23.8 Å². The second-order valence-electron chi connectivity index (χ2n) is 20.4. The number of H-pyrrole nitrogens is 1. The molecule has 3 N–H and O–H groups in total. The molecule has 17 heteroatoms. The topological polar surface area (TPSA) is 194 Å². The molecule has 0 radical (unpaired) electrons. The van der Waals surface area contributed by atoms with Crippen LogP contribution in [0.3, 0.4) is 0 Å². The van der Waals surface area contributed by atoms with Crippen LogP contribution in [-0.4, -0.2) is 90.6 Å². The molecule has 67 heavy (non-hydrogen) atoms. The molecule has 354 valence electrons. The van der Waals surface area contributed by atoms with Crippen LogP contribution in [0.15, 0.2) is 78.1 Å². The summed E-state index contributed by atoms with van der Waals surface area (Å²) < 4.78 is 48.4. The second kappa shape index (κ2) is 17.7. The third kappa shape index (κ3) is 9.05. The van der Waals surface area contributed by atoms with Gasteiger partial charge in [0.05, 0.1) is 37.1 Å². The summed E-state index contributed by atoms with van der Waals surface area (Å²) in [6.07, 6.45) is 11.6. The standard InChI is InChI=1S/C50H60N8O8S/c1-31(2)37-7-5-6-8-38(37)41-30-64-22-21-57(41)35-26-50(27-35)16-19-56(20-17-50)34-9-10-39(42(24-34)66-36-23-33-13-18-51-46(33)52-28-36)48(59)55-67(62,63)44-25-43-45(47(54-44)58(60)61)53-40(29-65-43)32-11-14-49(3,4)15-12-32/h5-10,13,18,23-25,28,31-32,35,40-41,53H,11-12,14-17,19-22,26-27,29-30H2,1-4H3,(H,51,52)(H,55,59)/t40-,41+/m1/s1. The number of rotatable bonds is 11. The average molecular weight is 933 g/mol. The molecule has 4 fully saturated rings. The summed E-state index contributed by atoms with van der Waals surface area (Å²) in [4.78, 5) is 42.2. The normalized spacial score (nSPS) is 22.1. The van der Waals surface area contributed by atoms with Crippen LogP contribution >= 0.6 is 0 Å². The number of pyridine rings is 2. The molecule has 6 heterocycles. The van der Waals surface area contributed by atoms with Crippen molar-refractivity contribution in [2.24, 2.45) is 16.7 Å². The van der Waals surface area contributed by atoms with Gasteiger partial charge in [0, 0.05) is 55.1 Å². The highest BCUT2D eigenvalue weighted by molar-refractivity contribution is 7.90. The van der Waals surface area contributed by atoms with E-state index in [1.54, 1.807) is 30.5 Å². The molecule has 3 aromatic heterocycles. The summed E-state index contributed by atoms with van der Waals surface area (Å²) in [6.45, 7) is 13.2. The number of hydrogen-bond acceptors (Lipinski definition) is 13. The Hall–Kier alpha value is -5.78. The van der Waals surface area contributed by atoms with Crippen LogP contribution in [0.5, 0.6) is 17.2 Å². The van der Waals surface area contributed by atoms with Crippen molar-refractivity contribution in [3.05, 3.63) is 99.9 Å². The largest absolute Gasteiger partial charge is 0.489 e. The van der Waals surface area contributed by atoms with E-state index in [0.29, 0.717) is 30.0 Å². The Labute approximate surface area is 391 Å². The Morgan fingerprint density at radius 2 is 1.78 bits per heavy atom. The number of benzene rings is 2. The number of aromatic nitrogens is 3. The first-order valence-electron chi connectivity index (χ1n) is 23.7. The van der Waals surface area contributed by atoms with Crippen LogP contribution in [0, 0.1) is 26.9 Å². The molecule has 2 aromatic carbocycles. The number of anilines is 2. The summed E-state index contributed by atoms with van der Waals surface area (Å²) in [5.74, 6) is -0.546. The maximum absolute atomic E-state index is 14.1. The highest BCUT2D eigenvalue weighted by Gasteiger charge is 2.50. The van der Waals surface area contributed by atoms with Gasteiger partial charge in [0.15, 0.2) is 11.4 Å². The fraction of sp³-hybridized carbons (Fsp3) is 0.500. The van der Waals surface area contributed by atoms with Crippen molar-refractivity contribution >= 4 is 44.2 Å². The highest BCUT2D eigenvalue weighted by Crippen LogP contribution is 2.53. The summed E-state index contributed by atoms with van der Waals surface area (Å²) in [7, 11) is -4.75. The van der Waals surface area contributed by atoms with Crippen LogP contribution in [-0.2, 0) is 14.8 Å². The zero-order valence-electron chi connectivity index (χ0n) is 38.6. The molecule has 5 aliphatic rings. The molecular weight excluding hydrogens is 873 g/mol. The zero-order valence-corrected chi connectivity index (χ0v) is 39.4. The van der Waals surface area contributed by atoms with Crippen LogP contribution in [0.2, 0.25) is 0 Å². The van der Waals surface area contributed by atoms with Crippen molar-refractivity contribution in [2.75, 3.05) is 49.7 Å². The molecule has 0 unspecified atom stereocenters. The molecule has 2 atom stereocenters. The minimum absolute atomic E-state index is 0.0126. The lowest BCUT2D eigenvalue weighted by Crippen LogP contribution is -2.58. The molecular formula is C50H60N8O8S. The monoisotopic (exact) mass is 932 g/mol. The van der Waals surface area contributed by atoms with Gasteiger partial charge < -0.3 is 39.5 Å². The third-order valence-corrected chi connectivity index (χ3v) is 16.5. The molecule has 10 rings (SSSR count). The van der Waals surface area contributed by atoms with E-state index in [0.717, 1.165) is 94.7 Å². The van der Waals surface area contributed by atoms with E-state index >= 15 is 0 Å². The van der Waals surface area contributed by atoms with Gasteiger partial charge in [-0.25, -0.2) is 9.71 Å². The van der Waals surface area contributed by atoms with Crippen LogP contribution in [0.1, 0.15) is 113 Å². The number of hydrogen-bond donors (Lipinski definition) is 3. The van der Waals surface area contributed by atoms with Gasteiger partial charge in [-0.1, -0.05) is 52.0 Å². The number of carbonyl (C=O) groups excluding carboxylic acids is 1. The van der Waals surface area contributed by atoms with Crippen LogP contribution in [0.4, 0.5) is 17.2 Å². The Balaban J connectivity index is 0.856. The molecule has 1 spiro atoms. The van der Waals surface area contributed by atoms with E-state index in [4.69, 9.17) is 14.2 Å². The van der Waals surface area contributed by atoms with E-state index in [1.807, 2.05) is 6.07 Å². The predicted octanol–water partition coefficient (Wildman–Crippen LogP) is 9.11. The van der Waals surface area contributed by atoms with Gasteiger partial charge in [-0.15, -0.1) is 0 Å². The van der Waals surface area contributed by atoms with Crippen molar-refractivity contribution in [3.63, 3.8) is 0 Å². The SMILES string of the molecule is CC(C)c1ccccc1[C@@H]1COCCN1C1CC2(CCN(c3ccc(C(=O)NS(=O)(=O)c4cc5c(c([N+](=O)[O-])n4)N[C@@H](C4CCC(C)(C)CC4)CO5)c(Oc4cnc5[nH]ccc5c4)c3)CC2)C1. The van der Waals surface area contributed by atoms with Crippen molar-refractivity contribution in [3.8, 4) is 17.2 Å². The van der Waals surface area contributed by atoms with Gasteiger partial charge in [0.25, 0.3) is 10.9 Å². The second-order valence-corrected chi connectivity index (χ2v) is 22.1. The average Bonchev–Trinajstić information content (AvgIpc) is 3.78. The number of piperidine rings is 1. The lowest BCUT2D eigenvalue weighted by molar-refractivity contribution is -0.389. The number of carbonyl (C=O) groups is 1. The van der Waals surface area contributed by atoms with E-state index < -0.39 is 31.7 Å². The summed E-state index contributed by atoms with van der Waals surface area (Å²) in [5, 5.41) is 15.7. The molecule has 1 amide bonds. The maximum Gasteiger partial charge on any atom is 0.392 e. The number of aromatic amines is 1. The molecule has 2 saturated carbocycles. The smallest absolute Gasteiger partial charge is 0.392 e. The Bertz CT molecular complexity index is 2790. The van der Waals surface area contributed by atoms with E-state index in [1.165, 1.54) is 17.3 Å². The molecule has 5 aromatic rings. The lowest BCUT2D eigenvalue weighted by atomic mass is 9.59. The van der Waals surface area contributed by atoms with Gasteiger partial charge in [-0.2, -0.15) is 8.42 Å². The fourth-order valence-corrected chi connectivity index (χ4v) is 12.2. The van der Waals surface area contributed by atoms with Crippen molar-refractivity contribution in [1.29, 1.82) is 0 Å². The zero-order chi connectivity index (χ0) is 46.7. The maximum atomic E-state index is 14.1. The number of sulfonamides is 1. The summed E-state index contributed by atoms with van der Waals surface area (Å²) in [6, 6.07) is 19.2. The number of fused-ring (bicyclic) bond motifs is 2. The summed E-state index contributed by atoms with van der Waals surface area (Å²) in [5.41, 5.74) is 4.73. The van der Waals surface area contributed by atoms with Crippen molar-refractivity contribution in [2.45, 2.75) is 108 Å². The first kappa shape index (κ1) is 45.0. The number of nitro groups is 1. The van der Waals surface area contributed by atoms with Crippen molar-refractivity contribution < 1.29 is 32.3 Å². The minimum atomic E-state index is -4.75. The first-order chi connectivity index (χ1) is 32.1. The molecule has 2 aliphatic carbocycles. The van der Waals surface area contributed by atoms with Crippen molar-refractivity contribution in [1.82, 2.24) is 24.6 Å². The number of nitrogens with one attached hydrogen (secondary N) is 3. The number of morpholine rings is 1. The van der Waals surface area contributed by atoms with Crippen LogP contribution < -0.4 is 24.4 Å². The lowest BCUT2D eigenvalue weighted by Gasteiger charge is -2.57. The predicted molar refractivity (Wildman–Crippen MR) is 254 cm³/mol. The quantitative estimate of drug-likeness (QED) is 0.0839. The van der Waals surface area contributed by atoms with Gasteiger partial charge in [0.2, 0.25) is 0 Å². The van der Waals surface area contributed by atoms with Gasteiger partial charge in [-0.05, 0) is 119 Å². The fourth-order valence-electron chi connectivity index (χ4n) is 11.3. The van der Waals surface area contributed by atoms with E-state index in [9.17, 15) is 23.3 Å². The Morgan fingerprint density at radius 1 is 1.00 bits per heavy atom. The number of nitrogens with zero attached hydrogens (tertiary/aromatic N) is 5. The van der Waals surface area contributed by atoms with E-state index in [-0.39, 0.29) is 58.2 Å². The molecule has 16 nitrogen and oxygen atoms in total. The van der Waals surface area contributed by atoms with Gasteiger partial charge >= 0.3 is 15.8 Å². The van der Waals surface area contributed by atoms with Gasteiger partial charge in [-0.3, -0.25) is 9.69 Å². The first-order valence-corrected chi connectivity index (χ1v) is 25.2. The van der Waals surface area contributed by atoms with E-state index in [2.05, 4.69) is 86.8 Å². The molecule has 2 saturated heterocycles. The van der Waals surface area contributed by atoms with Crippen LogP contribution in [0.25, 0.3) is 11.0 Å². The number of amides is 1. The Kier molecular flexibility index (Phi) is 11.9. The highest BCUT2D eigenvalue weighted by atomic mass is 32.2. The molecule has 0 bridgehead atoms. The minimum Gasteiger partial charge on any atom is -0.489 e. The summed E-state index contributed by atoms with van der Waals surface area (Å²) >= 11 is 0. The third-order valence-electron chi connectivity index (χ3n) is 15.3. The Morgan fingerprint density at radius 3 is 2.54 bits per heavy atom. The number of ether oxygens (including phenoxy) is 3. The molecule has 3 aliphatic heterocycles.